The lowest BCUT2D eigenvalue weighted by Gasteiger charge is -2.18. The predicted molar refractivity (Wildman–Crippen MR) is 147 cm³/mol. The zero-order valence-electron chi connectivity index (χ0n) is 21.6. The highest BCUT2D eigenvalue weighted by molar-refractivity contribution is 7.90. The first-order valence-electron chi connectivity index (χ1n) is 12.2. The maximum Gasteiger partial charge on any atom is 0.303 e. The van der Waals surface area contributed by atoms with Crippen molar-refractivity contribution in [1.82, 2.24) is 5.32 Å². The Morgan fingerprint density at radius 3 is 2.08 bits per heavy atom. The molecule has 0 amide bonds. The van der Waals surface area contributed by atoms with Crippen molar-refractivity contribution in [2.75, 3.05) is 24.2 Å². The smallest absolute Gasteiger partial charge is 0.303 e. The van der Waals surface area contributed by atoms with Crippen molar-refractivity contribution in [2.24, 2.45) is 5.41 Å². The first-order valence-corrected chi connectivity index (χ1v) is 14.4. The van der Waals surface area contributed by atoms with Gasteiger partial charge >= 0.3 is 11.9 Å². The Labute approximate surface area is 224 Å². The number of hydrogen-bond acceptors (Lipinski definition) is 6. The molecule has 0 aliphatic carbocycles. The molecule has 1 heterocycles. The van der Waals surface area contributed by atoms with Gasteiger partial charge in [-0.2, -0.15) is 0 Å². The summed E-state index contributed by atoms with van der Waals surface area (Å²) in [5.74, 6) is -1.88. The molecule has 1 aliphatic heterocycles. The van der Waals surface area contributed by atoms with Gasteiger partial charge in [0.05, 0.1) is 35.1 Å². The van der Waals surface area contributed by atoms with Crippen molar-refractivity contribution in [3.8, 4) is 0 Å². The number of fused-ring (bicyclic) bond motifs is 1. The number of anilines is 1. The van der Waals surface area contributed by atoms with E-state index in [1.54, 1.807) is 0 Å². The van der Waals surface area contributed by atoms with Crippen LogP contribution in [0.3, 0.4) is 0 Å². The van der Waals surface area contributed by atoms with Gasteiger partial charge in [-0.1, -0.05) is 62.7 Å². The minimum absolute atomic E-state index is 0.0863. The number of benzene rings is 2. The van der Waals surface area contributed by atoms with Crippen molar-refractivity contribution >= 4 is 39.1 Å². The minimum Gasteiger partial charge on any atom is -0.481 e. The van der Waals surface area contributed by atoms with Crippen molar-refractivity contribution < 1.29 is 28.2 Å². The molecule has 3 rings (SSSR count). The number of halogens is 1. The number of carboxylic acids is 2. The lowest BCUT2D eigenvalue weighted by atomic mass is 10.0. The molecule has 204 valence electrons. The van der Waals surface area contributed by atoms with E-state index < -0.39 is 21.8 Å². The van der Waals surface area contributed by atoms with Crippen LogP contribution in [0.15, 0.2) is 36.4 Å². The maximum atomic E-state index is 12.4. The number of aliphatic carboxylic acids is 2. The Kier molecular flexibility index (Phi) is 11.4. The average molecular weight is 553 g/mol. The molecule has 8 nitrogen and oxygen atoms in total. The van der Waals surface area contributed by atoms with Crippen LogP contribution in [0.1, 0.15) is 55.9 Å². The molecular formula is C27H37ClN2O6S. The zero-order chi connectivity index (χ0) is 27.6. The van der Waals surface area contributed by atoms with E-state index in [9.17, 15) is 18.0 Å². The first kappa shape index (κ1) is 30.6. The van der Waals surface area contributed by atoms with Crippen molar-refractivity contribution in [2.45, 2.75) is 58.8 Å². The summed E-state index contributed by atoms with van der Waals surface area (Å²) in [5.41, 5.74) is 5.36. The highest BCUT2D eigenvalue weighted by Gasteiger charge is 2.22. The van der Waals surface area contributed by atoms with Crippen molar-refractivity contribution in [3.05, 3.63) is 63.7 Å². The van der Waals surface area contributed by atoms with Crippen LogP contribution < -0.4 is 10.6 Å². The van der Waals surface area contributed by atoms with Crippen LogP contribution in [-0.4, -0.2) is 49.4 Å². The van der Waals surface area contributed by atoms with Gasteiger partial charge in [0.15, 0.2) is 9.84 Å². The van der Waals surface area contributed by atoms with Crippen LogP contribution in [0.4, 0.5) is 5.69 Å². The fraction of sp³-hybridized carbons (Fsp3) is 0.481. The van der Waals surface area contributed by atoms with Crippen LogP contribution in [0.25, 0.3) is 0 Å². The van der Waals surface area contributed by atoms with Crippen LogP contribution >= 0.6 is 11.6 Å². The molecule has 2 aromatic rings. The van der Waals surface area contributed by atoms with Crippen LogP contribution in [0, 0.1) is 5.41 Å². The van der Waals surface area contributed by atoms with Crippen LogP contribution in [0.2, 0.25) is 5.02 Å². The second-order valence-corrected chi connectivity index (χ2v) is 12.8. The molecule has 0 aromatic heterocycles. The summed E-state index contributed by atoms with van der Waals surface area (Å²) in [7, 11) is -3.12. The van der Waals surface area contributed by atoms with Crippen molar-refractivity contribution in [3.63, 3.8) is 0 Å². The number of carboxylic acid groups (broad SMARTS) is 2. The fourth-order valence-electron chi connectivity index (χ4n) is 4.06. The predicted octanol–water partition coefficient (Wildman–Crippen LogP) is 4.54. The van der Waals surface area contributed by atoms with Gasteiger partial charge in [-0.3, -0.25) is 9.59 Å². The first-order chi connectivity index (χ1) is 17.3. The van der Waals surface area contributed by atoms with E-state index in [2.05, 4.69) is 16.7 Å². The van der Waals surface area contributed by atoms with E-state index in [4.69, 9.17) is 21.8 Å². The molecular weight excluding hydrogens is 516 g/mol. The normalized spacial score (nSPS) is 13.5. The van der Waals surface area contributed by atoms with E-state index in [1.807, 2.05) is 51.1 Å². The molecule has 0 saturated carbocycles. The van der Waals surface area contributed by atoms with E-state index in [0.29, 0.717) is 6.54 Å². The molecule has 0 atom stereocenters. The molecule has 10 heteroatoms. The summed E-state index contributed by atoms with van der Waals surface area (Å²) in [4.78, 5) is 19.3. The third-order valence-corrected chi connectivity index (χ3v) is 7.96. The van der Waals surface area contributed by atoms with Crippen molar-refractivity contribution in [1.29, 1.82) is 0 Å². The van der Waals surface area contributed by atoms with E-state index >= 15 is 0 Å². The second-order valence-electron chi connectivity index (χ2n) is 10.4. The van der Waals surface area contributed by atoms with Gasteiger partial charge in [0.1, 0.15) is 0 Å². The molecule has 1 aliphatic rings. The maximum absolute atomic E-state index is 12.4. The monoisotopic (exact) mass is 552 g/mol. The van der Waals surface area contributed by atoms with Gasteiger partial charge < -0.3 is 20.8 Å². The van der Waals surface area contributed by atoms with Gasteiger partial charge in [-0.25, -0.2) is 8.42 Å². The molecule has 0 unspecified atom stereocenters. The Bertz CT molecular complexity index is 1160. The number of hydrogen-bond donors (Lipinski definition) is 4. The van der Waals surface area contributed by atoms with Gasteiger partial charge in [0, 0.05) is 6.54 Å². The Hall–Kier alpha value is -2.62. The Balaban J connectivity index is 0.000000521. The summed E-state index contributed by atoms with van der Waals surface area (Å²) in [5, 5.41) is 23.5. The summed E-state index contributed by atoms with van der Waals surface area (Å²) in [6, 6.07) is 11.9. The molecule has 37 heavy (non-hydrogen) atoms. The lowest BCUT2D eigenvalue weighted by Crippen LogP contribution is -2.22. The van der Waals surface area contributed by atoms with Gasteiger partial charge in [0.25, 0.3) is 0 Å². The van der Waals surface area contributed by atoms with Crippen LogP contribution in [0.5, 0.6) is 0 Å². The average Bonchev–Trinajstić information content (AvgIpc) is 3.02. The third-order valence-electron chi connectivity index (χ3n) is 5.57. The number of carbonyl (C=O) groups is 2. The minimum atomic E-state index is -3.12. The van der Waals surface area contributed by atoms with Crippen LogP contribution in [-0.2, 0) is 44.6 Å². The third kappa shape index (κ3) is 11.5. The summed E-state index contributed by atoms with van der Waals surface area (Å²) < 4.78 is 24.8. The SMILES string of the molecule is CC(C)(C)CS(=O)(=O)Cc1ccc(CNc2c(Cl)ccc3c2CCNCC3)cc1.O=C(O)CCC(=O)O. The molecule has 0 fully saturated rings. The standard InChI is InChI=1S/C23H31ClN2O2S.C4H6O4/c1-23(2,3)16-29(27,28)15-18-6-4-17(5-7-18)14-26-22-20-11-13-25-12-10-19(20)8-9-21(22)24;5-3(6)1-2-4(7)8/h4-9,25-26H,10-16H2,1-3H3;1-2H2,(H,5,6)(H,7,8). The molecule has 0 saturated heterocycles. The number of rotatable bonds is 9. The zero-order valence-corrected chi connectivity index (χ0v) is 23.2. The summed E-state index contributed by atoms with van der Waals surface area (Å²) in [6.45, 7) is 8.45. The molecule has 0 spiro atoms. The Morgan fingerprint density at radius 1 is 0.946 bits per heavy atom. The summed E-state index contributed by atoms with van der Waals surface area (Å²) in [6.07, 6.45) is 1.38. The molecule has 4 N–H and O–H groups in total. The number of nitrogens with one attached hydrogen (secondary N) is 2. The van der Waals surface area contributed by atoms with E-state index in [-0.39, 0.29) is 29.8 Å². The number of sulfone groups is 1. The fourth-order valence-corrected chi connectivity index (χ4v) is 6.42. The lowest BCUT2D eigenvalue weighted by molar-refractivity contribution is -0.143. The van der Waals surface area contributed by atoms with Gasteiger partial charge in [-0.05, 0) is 59.7 Å². The molecule has 2 aromatic carbocycles. The quantitative estimate of drug-likeness (QED) is 0.356. The second kappa shape index (κ2) is 13.8. The Morgan fingerprint density at radius 2 is 1.51 bits per heavy atom. The molecule has 0 bridgehead atoms. The summed E-state index contributed by atoms with van der Waals surface area (Å²) >= 11 is 6.48. The van der Waals surface area contributed by atoms with Gasteiger partial charge in [-0.15, -0.1) is 0 Å². The largest absolute Gasteiger partial charge is 0.481 e. The van der Waals surface area contributed by atoms with E-state index in [0.717, 1.165) is 47.8 Å². The highest BCUT2D eigenvalue weighted by Crippen LogP contribution is 2.31. The topological polar surface area (TPSA) is 133 Å². The van der Waals surface area contributed by atoms with E-state index in [1.165, 1.54) is 11.1 Å². The van der Waals surface area contributed by atoms with Gasteiger partial charge in [0.2, 0.25) is 0 Å². The molecule has 0 radical (unpaired) electrons. The highest BCUT2D eigenvalue weighted by atomic mass is 35.5.